The van der Waals surface area contributed by atoms with Crippen molar-refractivity contribution in [3.63, 3.8) is 0 Å². The van der Waals surface area contributed by atoms with Crippen molar-refractivity contribution in [2.24, 2.45) is 11.8 Å². The first kappa shape index (κ1) is 15.4. The normalized spacial score (nSPS) is 51.4. The lowest BCUT2D eigenvalue weighted by molar-refractivity contribution is 0.0855. The molecule has 0 aromatic rings. The number of fused-ring (bicyclic) bond motifs is 4. The average Bonchev–Trinajstić information content (AvgIpc) is 2.73. The molecule has 3 aliphatic carbocycles. The average molecular weight is 361 g/mol. The van der Waals surface area contributed by atoms with Crippen LogP contribution in [0.2, 0.25) is 0 Å². The van der Waals surface area contributed by atoms with Crippen LogP contribution in [-0.2, 0) is 19.7 Å². The van der Waals surface area contributed by atoms with Gasteiger partial charge < -0.3 is 0 Å². The maximum Gasteiger partial charge on any atom is 0.150 e. The Morgan fingerprint density at radius 1 is 0.800 bits per heavy atom. The van der Waals surface area contributed by atoms with E-state index in [0.29, 0.717) is 25.7 Å². The Labute approximate surface area is 130 Å². The fraction of sp³-hybridized carbons (Fsp3) is 1.00. The molecule has 20 heavy (non-hydrogen) atoms. The van der Waals surface area contributed by atoms with Crippen molar-refractivity contribution in [1.29, 1.82) is 0 Å². The zero-order valence-electron chi connectivity index (χ0n) is 11.3. The van der Waals surface area contributed by atoms with Crippen molar-refractivity contribution >= 4 is 42.9 Å². The highest BCUT2D eigenvalue weighted by Crippen LogP contribution is 2.74. The standard InChI is InChI=1S/C12H18Cl2O4S2/c1-19(15,16)7-3-5-11(13)9(7)10-8(20(2,17)18)4-6-12(10,11)14/h7-10H,3-6H2,1-2H3. The summed E-state index contributed by atoms with van der Waals surface area (Å²) in [5.74, 6) is -0.669. The molecule has 3 aliphatic rings. The van der Waals surface area contributed by atoms with Crippen LogP contribution in [0.25, 0.3) is 0 Å². The Hall–Kier alpha value is 0.480. The second-order valence-electron chi connectivity index (χ2n) is 6.59. The van der Waals surface area contributed by atoms with Crippen molar-refractivity contribution in [3.05, 3.63) is 0 Å². The molecular formula is C12H18Cl2O4S2. The highest BCUT2D eigenvalue weighted by molar-refractivity contribution is 7.91. The van der Waals surface area contributed by atoms with E-state index in [1.807, 2.05) is 0 Å². The van der Waals surface area contributed by atoms with Gasteiger partial charge in [0.25, 0.3) is 0 Å². The predicted octanol–water partition coefficient (Wildman–Crippen LogP) is 1.60. The fourth-order valence-electron chi connectivity index (χ4n) is 4.85. The Kier molecular flexibility index (Phi) is 3.12. The van der Waals surface area contributed by atoms with Gasteiger partial charge in [-0.25, -0.2) is 16.8 Å². The van der Waals surface area contributed by atoms with E-state index in [1.54, 1.807) is 0 Å². The highest BCUT2D eigenvalue weighted by Gasteiger charge is 2.79. The van der Waals surface area contributed by atoms with Crippen LogP contribution in [0.3, 0.4) is 0 Å². The Bertz CT molecular complexity index is 601. The molecule has 0 aromatic heterocycles. The summed E-state index contributed by atoms with van der Waals surface area (Å²) in [4.78, 5) is -1.52. The van der Waals surface area contributed by atoms with Gasteiger partial charge >= 0.3 is 0 Å². The van der Waals surface area contributed by atoms with Gasteiger partial charge in [-0.2, -0.15) is 0 Å². The summed E-state index contributed by atoms with van der Waals surface area (Å²) in [6.45, 7) is 0. The zero-order chi connectivity index (χ0) is 15.1. The minimum atomic E-state index is -3.24. The molecule has 0 aliphatic heterocycles. The van der Waals surface area contributed by atoms with Crippen molar-refractivity contribution < 1.29 is 16.8 Å². The van der Waals surface area contributed by atoms with Crippen LogP contribution in [0.15, 0.2) is 0 Å². The van der Waals surface area contributed by atoms with Gasteiger partial charge in [0, 0.05) is 24.3 Å². The van der Waals surface area contributed by atoms with Crippen LogP contribution >= 0.6 is 23.2 Å². The first-order valence-electron chi connectivity index (χ1n) is 6.68. The Morgan fingerprint density at radius 3 is 1.35 bits per heavy atom. The molecule has 0 heterocycles. The third-order valence-corrected chi connectivity index (χ3v) is 10.5. The number of sulfone groups is 2. The van der Waals surface area contributed by atoms with Crippen LogP contribution in [0, 0.1) is 11.8 Å². The largest absolute Gasteiger partial charge is 0.229 e. The quantitative estimate of drug-likeness (QED) is 0.701. The maximum atomic E-state index is 12.0. The zero-order valence-corrected chi connectivity index (χ0v) is 14.5. The summed E-state index contributed by atoms with van der Waals surface area (Å²) in [7, 11) is -6.49. The highest BCUT2D eigenvalue weighted by atomic mass is 35.5. The molecule has 3 rings (SSSR count). The third-order valence-electron chi connectivity index (χ3n) is 5.62. The summed E-state index contributed by atoms with van der Waals surface area (Å²) >= 11 is 13.3. The van der Waals surface area contributed by atoms with Crippen molar-refractivity contribution in [1.82, 2.24) is 0 Å². The van der Waals surface area contributed by atoms with Gasteiger partial charge in [-0.3, -0.25) is 0 Å². The number of hydrogen-bond acceptors (Lipinski definition) is 4. The van der Waals surface area contributed by atoms with Crippen LogP contribution in [-0.4, -0.2) is 49.6 Å². The summed E-state index contributed by atoms with van der Waals surface area (Å²) in [5.41, 5.74) is 0. The van der Waals surface area contributed by atoms with E-state index < -0.39 is 39.9 Å². The SMILES string of the molecule is CS(=O)(=O)C1CCC2(Cl)C1C1C(S(C)(=O)=O)CCC12Cl. The van der Waals surface area contributed by atoms with Gasteiger partial charge in [-0.1, -0.05) is 0 Å². The predicted molar refractivity (Wildman–Crippen MR) is 79.9 cm³/mol. The number of hydrogen-bond donors (Lipinski definition) is 0. The van der Waals surface area contributed by atoms with E-state index in [2.05, 4.69) is 0 Å². The second-order valence-corrected chi connectivity index (χ2v) is 12.5. The van der Waals surface area contributed by atoms with E-state index in [9.17, 15) is 16.8 Å². The van der Waals surface area contributed by atoms with Crippen LogP contribution in [0.5, 0.6) is 0 Å². The molecule has 3 saturated carbocycles. The smallest absolute Gasteiger partial charge is 0.150 e. The minimum Gasteiger partial charge on any atom is -0.229 e. The molecular weight excluding hydrogens is 343 g/mol. The molecule has 8 heteroatoms. The number of rotatable bonds is 2. The summed E-state index contributed by atoms with van der Waals surface area (Å²) < 4.78 is 47.9. The van der Waals surface area contributed by atoms with E-state index in [0.717, 1.165) is 0 Å². The minimum absolute atomic E-state index is 0.334. The Balaban J connectivity index is 2.06. The molecule has 6 atom stereocenters. The molecule has 0 spiro atoms. The molecule has 3 fully saturated rings. The van der Waals surface area contributed by atoms with Crippen LogP contribution < -0.4 is 0 Å². The summed E-state index contributed by atoms with van der Waals surface area (Å²) in [5, 5.41) is -1.11. The number of alkyl halides is 2. The van der Waals surface area contributed by atoms with E-state index in [1.165, 1.54) is 12.5 Å². The first-order valence-corrected chi connectivity index (χ1v) is 11.3. The van der Waals surface area contributed by atoms with Crippen molar-refractivity contribution in [2.75, 3.05) is 12.5 Å². The van der Waals surface area contributed by atoms with E-state index >= 15 is 0 Å². The van der Waals surface area contributed by atoms with E-state index in [4.69, 9.17) is 23.2 Å². The topological polar surface area (TPSA) is 68.3 Å². The van der Waals surface area contributed by atoms with Crippen molar-refractivity contribution in [2.45, 2.75) is 45.9 Å². The Morgan fingerprint density at radius 2 is 1.10 bits per heavy atom. The molecule has 4 nitrogen and oxygen atoms in total. The first-order chi connectivity index (χ1) is 8.93. The maximum absolute atomic E-state index is 12.0. The molecule has 0 amide bonds. The van der Waals surface area contributed by atoms with Gasteiger partial charge in [0.1, 0.15) is 0 Å². The van der Waals surface area contributed by atoms with Gasteiger partial charge in [-0.05, 0) is 25.7 Å². The molecule has 6 unspecified atom stereocenters. The monoisotopic (exact) mass is 360 g/mol. The van der Waals surface area contributed by atoms with Gasteiger partial charge in [0.05, 0.1) is 20.2 Å². The summed E-state index contributed by atoms with van der Waals surface area (Å²) in [6.07, 6.45) is 4.47. The molecule has 0 N–H and O–H groups in total. The molecule has 0 radical (unpaired) electrons. The van der Waals surface area contributed by atoms with Gasteiger partial charge in [0.15, 0.2) is 19.7 Å². The molecule has 116 valence electrons. The van der Waals surface area contributed by atoms with Crippen molar-refractivity contribution in [3.8, 4) is 0 Å². The molecule has 0 aromatic carbocycles. The van der Waals surface area contributed by atoms with Crippen LogP contribution in [0.4, 0.5) is 0 Å². The van der Waals surface area contributed by atoms with E-state index in [-0.39, 0.29) is 11.8 Å². The molecule has 0 saturated heterocycles. The number of halogens is 2. The van der Waals surface area contributed by atoms with Crippen LogP contribution in [0.1, 0.15) is 25.7 Å². The third kappa shape index (κ3) is 1.71. The van der Waals surface area contributed by atoms with Gasteiger partial charge in [-0.15, -0.1) is 23.2 Å². The lowest BCUT2D eigenvalue weighted by atomic mass is 9.58. The molecule has 0 bridgehead atoms. The summed E-state index contributed by atoms with van der Waals surface area (Å²) in [6, 6.07) is 0. The second kappa shape index (κ2) is 4.06. The lowest BCUT2D eigenvalue weighted by Gasteiger charge is -2.60. The fourth-order valence-corrected chi connectivity index (χ4v) is 9.20. The van der Waals surface area contributed by atoms with Gasteiger partial charge in [0.2, 0.25) is 0 Å². The lowest BCUT2D eigenvalue weighted by Crippen LogP contribution is -2.70.